The van der Waals surface area contributed by atoms with Gasteiger partial charge in [-0.05, 0) is 31.9 Å². The number of phenols is 1. The van der Waals surface area contributed by atoms with Crippen LogP contribution in [-0.2, 0) is 6.42 Å². The number of phenolic OH excluding ortho intramolecular Hbond substituents is 1. The van der Waals surface area contributed by atoms with Crippen molar-refractivity contribution in [2.45, 2.75) is 19.8 Å². The number of rotatable bonds is 4. The van der Waals surface area contributed by atoms with Gasteiger partial charge in [-0.2, -0.15) is 0 Å². The van der Waals surface area contributed by atoms with Gasteiger partial charge >= 0.3 is 0 Å². The minimum atomic E-state index is 0.174. The lowest BCUT2D eigenvalue weighted by atomic mass is 10.0. The summed E-state index contributed by atoms with van der Waals surface area (Å²) in [6.07, 6.45) is 1.53. The fourth-order valence-corrected chi connectivity index (χ4v) is 1.72. The predicted octanol–water partition coefficient (Wildman–Crippen LogP) is 2.25. The van der Waals surface area contributed by atoms with Crippen LogP contribution in [0.15, 0.2) is 6.07 Å². The van der Waals surface area contributed by atoms with Crippen molar-refractivity contribution >= 4 is 11.6 Å². The number of halogens is 1. The third kappa shape index (κ3) is 2.55. The second-order valence-corrected chi connectivity index (χ2v) is 3.81. The lowest BCUT2D eigenvalue weighted by Crippen LogP contribution is -2.02. The van der Waals surface area contributed by atoms with Gasteiger partial charge in [-0.25, -0.2) is 0 Å². The highest BCUT2D eigenvalue weighted by atomic mass is 35.5. The van der Waals surface area contributed by atoms with E-state index in [9.17, 15) is 5.11 Å². The molecule has 84 valence electrons. The lowest BCUT2D eigenvalue weighted by molar-refractivity contribution is 0.370. The highest BCUT2D eigenvalue weighted by molar-refractivity contribution is 6.31. The number of nitrogens with two attached hydrogens (primary N) is 1. The summed E-state index contributed by atoms with van der Waals surface area (Å²) < 4.78 is 5.04. The minimum absolute atomic E-state index is 0.174. The molecule has 0 saturated carbocycles. The molecule has 0 aliphatic rings. The van der Waals surface area contributed by atoms with Crippen molar-refractivity contribution in [1.29, 1.82) is 0 Å². The summed E-state index contributed by atoms with van der Waals surface area (Å²) in [4.78, 5) is 0. The Morgan fingerprint density at radius 1 is 1.53 bits per heavy atom. The van der Waals surface area contributed by atoms with Crippen LogP contribution in [-0.4, -0.2) is 18.8 Å². The molecule has 0 aromatic heterocycles. The SMILES string of the molecule is COc1cc(Cl)c(C)c(CCCN)c1O. The maximum absolute atomic E-state index is 9.90. The van der Waals surface area contributed by atoms with Crippen molar-refractivity contribution in [3.05, 3.63) is 22.2 Å². The van der Waals surface area contributed by atoms with Crippen molar-refractivity contribution in [2.75, 3.05) is 13.7 Å². The zero-order chi connectivity index (χ0) is 11.4. The Hall–Kier alpha value is -0.930. The van der Waals surface area contributed by atoms with Crippen LogP contribution in [0.2, 0.25) is 5.02 Å². The van der Waals surface area contributed by atoms with Crippen LogP contribution < -0.4 is 10.5 Å². The van der Waals surface area contributed by atoms with Gasteiger partial charge in [0.25, 0.3) is 0 Å². The number of hydrogen-bond acceptors (Lipinski definition) is 3. The maximum Gasteiger partial charge on any atom is 0.162 e. The van der Waals surface area contributed by atoms with Crippen LogP contribution in [0.5, 0.6) is 11.5 Å². The third-order valence-corrected chi connectivity index (χ3v) is 2.83. The Bertz CT molecular complexity index is 353. The molecule has 0 unspecified atom stereocenters. The second kappa shape index (κ2) is 5.24. The lowest BCUT2D eigenvalue weighted by Gasteiger charge is -2.13. The summed E-state index contributed by atoms with van der Waals surface area (Å²) in [5.74, 6) is 0.588. The monoisotopic (exact) mass is 229 g/mol. The van der Waals surface area contributed by atoms with Crippen molar-refractivity contribution < 1.29 is 9.84 Å². The summed E-state index contributed by atoms with van der Waals surface area (Å²) in [7, 11) is 1.51. The van der Waals surface area contributed by atoms with Gasteiger partial charge < -0.3 is 15.6 Å². The Kier molecular flexibility index (Phi) is 4.24. The third-order valence-electron chi connectivity index (χ3n) is 2.44. The normalized spacial score (nSPS) is 10.4. The Labute approximate surface area is 94.8 Å². The van der Waals surface area contributed by atoms with Gasteiger partial charge in [0, 0.05) is 16.7 Å². The van der Waals surface area contributed by atoms with Crippen LogP contribution >= 0.6 is 11.6 Å². The van der Waals surface area contributed by atoms with E-state index in [1.165, 1.54) is 7.11 Å². The fourth-order valence-electron chi connectivity index (χ4n) is 1.50. The van der Waals surface area contributed by atoms with E-state index in [4.69, 9.17) is 22.1 Å². The molecule has 0 atom stereocenters. The fraction of sp³-hybridized carbons (Fsp3) is 0.455. The molecule has 1 rings (SSSR count). The smallest absolute Gasteiger partial charge is 0.162 e. The molecule has 0 spiro atoms. The highest BCUT2D eigenvalue weighted by Crippen LogP contribution is 2.37. The van der Waals surface area contributed by atoms with E-state index in [1.807, 2.05) is 6.92 Å². The first kappa shape index (κ1) is 12.1. The average molecular weight is 230 g/mol. The van der Waals surface area contributed by atoms with Gasteiger partial charge in [0.1, 0.15) is 0 Å². The van der Waals surface area contributed by atoms with Crippen molar-refractivity contribution in [3.8, 4) is 11.5 Å². The first-order chi connectivity index (χ1) is 7.11. The topological polar surface area (TPSA) is 55.5 Å². The first-order valence-corrected chi connectivity index (χ1v) is 5.24. The standard InChI is InChI=1S/C11H16ClNO2/c1-7-8(4-3-5-13)11(14)10(15-2)6-9(7)12/h6,14H,3-5,13H2,1-2H3. The molecule has 1 aromatic carbocycles. The van der Waals surface area contributed by atoms with Crippen LogP contribution in [0.25, 0.3) is 0 Å². The summed E-state index contributed by atoms with van der Waals surface area (Å²) >= 11 is 6.03. The molecule has 15 heavy (non-hydrogen) atoms. The largest absolute Gasteiger partial charge is 0.504 e. The van der Waals surface area contributed by atoms with Crippen molar-refractivity contribution in [3.63, 3.8) is 0 Å². The van der Waals surface area contributed by atoms with Crippen LogP contribution in [0.3, 0.4) is 0 Å². The predicted molar refractivity (Wildman–Crippen MR) is 61.8 cm³/mol. The zero-order valence-electron chi connectivity index (χ0n) is 9.01. The Balaban J connectivity index is 3.15. The van der Waals surface area contributed by atoms with Crippen molar-refractivity contribution in [1.82, 2.24) is 0 Å². The quantitative estimate of drug-likeness (QED) is 0.833. The molecule has 0 radical (unpaired) electrons. The first-order valence-electron chi connectivity index (χ1n) is 4.86. The van der Waals surface area contributed by atoms with Crippen LogP contribution in [0, 0.1) is 6.92 Å². The van der Waals surface area contributed by atoms with E-state index in [-0.39, 0.29) is 5.75 Å². The average Bonchev–Trinajstić information content (AvgIpc) is 2.23. The minimum Gasteiger partial charge on any atom is -0.504 e. The van der Waals surface area contributed by atoms with E-state index >= 15 is 0 Å². The highest BCUT2D eigenvalue weighted by Gasteiger charge is 2.13. The summed E-state index contributed by atoms with van der Waals surface area (Å²) in [6.45, 7) is 2.47. The number of hydrogen-bond donors (Lipinski definition) is 2. The zero-order valence-corrected chi connectivity index (χ0v) is 9.77. The van der Waals surface area contributed by atoms with Crippen LogP contribution in [0.4, 0.5) is 0 Å². The van der Waals surface area contributed by atoms with Gasteiger partial charge in [-0.15, -0.1) is 0 Å². The molecule has 0 amide bonds. The molecule has 0 saturated heterocycles. The molecular formula is C11H16ClNO2. The molecule has 0 aliphatic carbocycles. The second-order valence-electron chi connectivity index (χ2n) is 3.41. The summed E-state index contributed by atoms with van der Waals surface area (Å²) in [5, 5.41) is 10.5. The van der Waals surface area contributed by atoms with Gasteiger partial charge in [0.2, 0.25) is 0 Å². The molecule has 0 aliphatic heterocycles. The van der Waals surface area contributed by atoms with Gasteiger partial charge in [-0.3, -0.25) is 0 Å². The number of benzene rings is 1. The molecule has 0 bridgehead atoms. The summed E-state index contributed by atoms with van der Waals surface area (Å²) in [5.41, 5.74) is 7.16. The van der Waals surface area contributed by atoms with Crippen LogP contribution in [0.1, 0.15) is 17.5 Å². The van der Waals surface area contributed by atoms with E-state index in [0.717, 1.165) is 17.5 Å². The number of methoxy groups -OCH3 is 1. The molecular weight excluding hydrogens is 214 g/mol. The van der Waals surface area contributed by atoms with Crippen molar-refractivity contribution in [2.24, 2.45) is 5.73 Å². The van der Waals surface area contributed by atoms with E-state index in [2.05, 4.69) is 0 Å². The Morgan fingerprint density at radius 2 is 2.20 bits per heavy atom. The summed E-state index contributed by atoms with van der Waals surface area (Å²) in [6, 6.07) is 1.62. The molecule has 0 fully saturated rings. The molecule has 3 nitrogen and oxygen atoms in total. The van der Waals surface area contributed by atoms with Gasteiger partial charge in [-0.1, -0.05) is 11.6 Å². The molecule has 0 heterocycles. The number of ether oxygens (including phenoxy) is 1. The Morgan fingerprint density at radius 3 is 2.73 bits per heavy atom. The molecule has 1 aromatic rings. The van der Waals surface area contributed by atoms with Gasteiger partial charge in [0.15, 0.2) is 11.5 Å². The maximum atomic E-state index is 9.90. The van der Waals surface area contributed by atoms with Gasteiger partial charge in [0.05, 0.1) is 7.11 Å². The number of aromatic hydroxyl groups is 1. The van der Waals surface area contributed by atoms with E-state index < -0.39 is 0 Å². The molecule has 4 heteroatoms. The molecule has 3 N–H and O–H groups in total. The van der Waals surface area contributed by atoms with E-state index in [1.54, 1.807) is 6.07 Å². The van der Waals surface area contributed by atoms with E-state index in [0.29, 0.717) is 23.7 Å².